The van der Waals surface area contributed by atoms with Crippen molar-refractivity contribution in [2.75, 3.05) is 11.4 Å². The van der Waals surface area contributed by atoms with Crippen LogP contribution < -0.4 is 4.90 Å². The van der Waals surface area contributed by atoms with Gasteiger partial charge in [0.05, 0.1) is 5.56 Å². The second-order valence-electron chi connectivity index (χ2n) is 3.55. The molecule has 0 aromatic carbocycles. The molecule has 0 atom stereocenters. The number of aromatic nitrogens is 1. The summed E-state index contributed by atoms with van der Waals surface area (Å²) in [5.41, 5.74) is -0.803. The second-order valence-corrected chi connectivity index (χ2v) is 3.55. The lowest BCUT2D eigenvalue weighted by Gasteiger charge is -2.15. The van der Waals surface area contributed by atoms with Crippen molar-refractivity contribution in [1.29, 1.82) is 0 Å². The first-order valence-corrected chi connectivity index (χ1v) is 4.82. The van der Waals surface area contributed by atoms with Crippen LogP contribution in [-0.4, -0.2) is 17.4 Å². The number of hydrogen-bond acceptors (Lipinski definition) is 2. The Balaban J connectivity index is 2.22. The molecule has 0 unspecified atom stereocenters. The molecule has 6 heteroatoms. The molecule has 3 nitrogen and oxygen atoms in total. The summed E-state index contributed by atoms with van der Waals surface area (Å²) >= 11 is 0. The van der Waals surface area contributed by atoms with Crippen molar-refractivity contribution in [1.82, 2.24) is 4.98 Å². The van der Waals surface area contributed by atoms with Gasteiger partial charge >= 0.3 is 6.18 Å². The van der Waals surface area contributed by atoms with E-state index in [1.54, 1.807) is 0 Å². The van der Waals surface area contributed by atoms with Gasteiger partial charge in [-0.2, -0.15) is 13.2 Å². The number of carbonyl (C=O) groups excluding carboxylic acids is 1. The molecule has 0 spiro atoms. The van der Waals surface area contributed by atoms with Gasteiger partial charge in [-0.25, -0.2) is 4.98 Å². The van der Waals surface area contributed by atoms with Gasteiger partial charge in [0, 0.05) is 19.2 Å². The van der Waals surface area contributed by atoms with Gasteiger partial charge in [-0.1, -0.05) is 0 Å². The Morgan fingerprint density at radius 1 is 1.31 bits per heavy atom. The van der Waals surface area contributed by atoms with E-state index in [-0.39, 0.29) is 11.7 Å². The molecule has 2 rings (SSSR count). The average Bonchev–Trinajstić information content (AvgIpc) is 2.63. The van der Waals surface area contributed by atoms with E-state index < -0.39 is 11.7 Å². The topological polar surface area (TPSA) is 33.2 Å². The average molecular weight is 230 g/mol. The summed E-state index contributed by atoms with van der Waals surface area (Å²) in [7, 11) is 0. The molecular formula is C10H9F3N2O. The van der Waals surface area contributed by atoms with Gasteiger partial charge in [-0.05, 0) is 18.6 Å². The van der Waals surface area contributed by atoms with Crippen LogP contribution in [0.4, 0.5) is 19.0 Å². The molecular weight excluding hydrogens is 221 g/mol. The molecule has 0 aliphatic carbocycles. The highest BCUT2D eigenvalue weighted by molar-refractivity contribution is 5.94. The third kappa shape index (κ3) is 2.00. The standard InChI is InChI=1S/C10H9F3N2O/c11-10(12,13)7-3-4-8(14-6-7)15-5-1-2-9(15)16/h3-4,6H,1-2,5H2. The zero-order valence-electron chi connectivity index (χ0n) is 8.29. The molecule has 1 saturated heterocycles. The van der Waals surface area contributed by atoms with E-state index in [0.29, 0.717) is 13.0 Å². The van der Waals surface area contributed by atoms with Crippen molar-refractivity contribution in [2.24, 2.45) is 0 Å². The number of alkyl halides is 3. The van der Waals surface area contributed by atoms with E-state index in [1.807, 2.05) is 0 Å². The van der Waals surface area contributed by atoms with E-state index >= 15 is 0 Å². The van der Waals surface area contributed by atoms with Gasteiger partial charge in [0.15, 0.2) is 0 Å². The highest BCUT2D eigenvalue weighted by Gasteiger charge is 2.31. The Labute approximate surface area is 89.9 Å². The minimum Gasteiger partial charge on any atom is -0.297 e. The molecule has 86 valence electrons. The van der Waals surface area contributed by atoms with Gasteiger partial charge < -0.3 is 0 Å². The lowest BCUT2D eigenvalue weighted by Crippen LogP contribution is -2.24. The summed E-state index contributed by atoms with van der Waals surface area (Å²) in [5.74, 6) is 0.197. The molecule has 1 aliphatic heterocycles. The molecule has 2 heterocycles. The largest absolute Gasteiger partial charge is 0.417 e. The van der Waals surface area contributed by atoms with Crippen molar-refractivity contribution in [2.45, 2.75) is 19.0 Å². The third-order valence-electron chi connectivity index (χ3n) is 2.43. The predicted octanol–water partition coefficient (Wildman–Crippen LogP) is 2.23. The zero-order valence-corrected chi connectivity index (χ0v) is 8.29. The molecule has 0 N–H and O–H groups in total. The molecule has 0 saturated carbocycles. The van der Waals surface area contributed by atoms with Gasteiger partial charge in [0.2, 0.25) is 5.91 Å². The smallest absolute Gasteiger partial charge is 0.297 e. The number of nitrogens with zero attached hydrogens (tertiary/aromatic N) is 2. The van der Waals surface area contributed by atoms with E-state index in [1.165, 1.54) is 11.0 Å². The number of rotatable bonds is 1. The fourth-order valence-corrected chi connectivity index (χ4v) is 1.60. The lowest BCUT2D eigenvalue weighted by molar-refractivity contribution is -0.137. The first-order valence-electron chi connectivity index (χ1n) is 4.82. The van der Waals surface area contributed by atoms with Crippen molar-refractivity contribution >= 4 is 11.7 Å². The van der Waals surface area contributed by atoms with Crippen molar-refractivity contribution in [3.05, 3.63) is 23.9 Å². The highest BCUT2D eigenvalue weighted by Crippen LogP contribution is 2.29. The molecule has 0 radical (unpaired) electrons. The fourth-order valence-electron chi connectivity index (χ4n) is 1.60. The number of halogens is 3. The summed E-state index contributed by atoms with van der Waals surface area (Å²) in [6.45, 7) is 0.525. The number of hydrogen-bond donors (Lipinski definition) is 0. The second kappa shape index (κ2) is 3.77. The van der Waals surface area contributed by atoms with Crippen molar-refractivity contribution in [3.8, 4) is 0 Å². The van der Waals surface area contributed by atoms with E-state index in [4.69, 9.17) is 0 Å². The van der Waals surface area contributed by atoms with Crippen LogP contribution in [0.15, 0.2) is 18.3 Å². The number of carbonyl (C=O) groups is 1. The van der Waals surface area contributed by atoms with E-state index in [9.17, 15) is 18.0 Å². The van der Waals surface area contributed by atoms with Gasteiger partial charge in [-0.3, -0.25) is 9.69 Å². The minimum atomic E-state index is -4.39. The number of anilines is 1. The van der Waals surface area contributed by atoms with Crippen LogP contribution in [0.5, 0.6) is 0 Å². The SMILES string of the molecule is O=C1CCCN1c1ccc(C(F)(F)F)cn1. The Morgan fingerprint density at radius 2 is 2.06 bits per heavy atom. The van der Waals surface area contributed by atoms with Crippen LogP contribution in [0.3, 0.4) is 0 Å². The fraction of sp³-hybridized carbons (Fsp3) is 0.400. The lowest BCUT2D eigenvalue weighted by atomic mass is 10.3. The third-order valence-corrected chi connectivity index (χ3v) is 2.43. The Hall–Kier alpha value is -1.59. The van der Waals surface area contributed by atoms with Gasteiger partial charge in [0.25, 0.3) is 0 Å². The van der Waals surface area contributed by atoms with Crippen LogP contribution >= 0.6 is 0 Å². The van der Waals surface area contributed by atoms with Gasteiger partial charge in [0.1, 0.15) is 5.82 Å². The molecule has 16 heavy (non-hydrogen) atoms. The molecule has 1 fully saturated rings. The first kappa shape index (κ1) is 10.9. The summed E-state index contributed by atoms with van der Waals surface area (Å²) < 4.78 is 36.8. The maximum Gasteiger partial charge on any atom is 0.417 e. The number of pyridine rings is 1. The van der Waals surface area contributed by atoms with E-state index in [2.05, 4.69) is 4.98 Å². The molecule has 1 aromatic heterocycles. The van der Waals surface area contributed by atoms with Crippen LogP contribution in [0.25, 0.3) is 0 Å². The predicted molar refractivity (Wildman–Crippen MR) is 50.8 cm³/mol. The summed E-state index contributed by atoms with van der Waals surface area (Å²) in [5, 5.41) is 0. The molecule has 1 amide bonds. The molecule has 0 bridgehead atoms. The summed E-state index contributed by atoms with van der Waals surface area (Å²) in [6.07, 6.45) is -2.48. The highest BCUT2D eigenvalue weighted by atomic mass is 19.4. The van der Waals surface area contributed by atoms with Crippen LogP contribution in [0.2, 0.25) is 0 Å². The first-order chi connectivity index (χ1) is 7.48. The van der Waals surface area contributed by atoms with Crippen molar-refractivity contribution < 1.29 is 18.0 Å². The van der Waals surface area contributed by atoms with Crippen LogP contribution in [0, 0.1) is 0 Å². The van der Waals surface area contributed by atoms with Gasteiger partial charge in [-0.15, -0.1) is 0 Å². The molecule has 1 aromatic rings. The van der Waals surface area contributed by atoms with Crippen LogP contribution in [0.1, 0.15) is 18.4 Å². The maximum absolute atomic E-state index is 12.3. The maximum atomic E-state index is 12.3. The monoisotopic (exact) mass is 230 g/mol. The molecule has 1 aliphatic rings. The Morgan fingerprint density at radius 3 is 2.50 bits per heavy atom. The van der Waals surface area contributed by atoms with Crippen molar-refractivity contribution in [3.63, 3.8) is 0 Å². The Kier molecular flexibility index (Phi) is 2.57. The summed E-state index contributed by atoms with van der Waals surface area (Å²) in [4.78, 5) is 16.4. The van der Waals surface area contributed by atoms with E-state index in [0.717, 1.165) is 18.7 Å². The quantitative estimate of drug-likeness (QED) is 0.741. The van der Waals surface area contributed by atoms with Crippen LogP contribution in [-0.2, 0) is 11.0 Å². The Bertz CT molecular complexity index is 400. The normalized spacial score (nSPS) is 16.9. The summed E-state index contributed by atoms with van der Waals surface area (Å²) in [6, 6.07) is 2.17. The zero-order chi connectivity index (χ0) is 11.8. The minimum absolute atomic E-state index is 0.0905. The number of amides is 1.